The zero-order valence-electron chi connectivity index (χ0n) is 17.7. The van der Waals surface area contributed by atoms with Crippen molar-refractivity contribution in [2.75, 3.05) is 32.8 Å². The van der Waals surface area contributed by atoms with E-state index >= 15 is 0 Å². The Bertz CT molecular complexity index is 697. The van der Waals surface area contributed by atoms with E-state index in [1.165, 1.54) is 11.1 Å². The molecule has 2 rings (SSSR count). The molecule has 1 aromatic carbocycles. The summed E-state index contributed by atoms with van der Waals surface area (Å²) in [4.78, 5) is 28.5. The quantitative estimate of drug-likeness (QED) is 0.728. The average Bonchev–Trinajstić information content (AvgIpc) is 2.81. The van der Waals surface area contributed by atoms with Gasteiger partial charge in [0.25, 0.3) is 0 Å². The minimum absolute atomic E-state index is 0.126. The van der Waals surface area contributed by atoms with E-state index in [4.69, 9.17) is 4.74 Å². The van der Waals surface area contributed by atoms with Crippen LogP contribution in [0.15, 0.2) is 6.07 Å². The van der Waals surface area contributed by atoms with Crippen LogP contribution in [0.4, 0.5) is 4.79 Å². The number of hydrogen-bond donors (Lipinski definition) is 0. The molecule has 1 saturated heterocycles. The first-order valence-electron chi connectivity index (χ1n) is 9.95. The van der Waals surface area contributed by atoms with Gasteiger partial charge < -0.3 is 9.64 Å². The molecule has 0 aliphatic carbocycles. The van der Waals surface area contributed by atoms with Crippen LogP contribution in [0.25, 0.3) is 0 Å². The normalized spacial score (nSPS) is 15.7. The van der Waals surface area contributed by atoms with Gasteiger partial charge in [0.1, 0.15) is 0 Å². The molecule has 1 fully saturated rings. The maximum Gasteiger partial charge on any atom is 0.409 e. The number of ether oxygens (including phenoxy) is 1. The van der Waals surface area contributed by atoms with Gasteiger partial charge in [0.05, 0.1) is 6.61 Å². The van der Waals surface area contributed by atoms with Gasteiger partial charge in [-0.05, 0) is 62.3 Å². The first-order chi connectivity index (χ1) is 12.7. The summed E-state index contributed by atoms with van der Waals surface area (Å²) in [6, 6.07) is 2.12. The van der Waals surface area contributed by atoms with E-state index in [2.05, 4.69) is 24.8 Å². The number of nitrogens with zero attached hydrogens (tertiary/aromatic N) is 2. The molecule has 0 spiro atoms. The van der Waals surface area contributed by atoms with Crippen LogP contribution in [0.5, 0.6) is 0 Å². The fourth-order valence-corrected chi connectivity index (χ4v) is 3.88. The Morgan fingerprint density at radius 2 is 1.78 bits per heavy atom. The van der Waals surface area contributed by atoms with E-state index < -0.39 is 0 Å². The smallest absolute Gasteiger partial charge is 0.409 e. The van der Waals surface area contributed by atoms with Crippen LogP contribution in [0.1, 0.15) is 59.8 Å². The van der Waals surface area contributed by atoms with Crippen molar-refractivity contribution < 1.29 is 14.3 Å². The Balaban J connectivity index is 2.06. The molecule has 0 saturated carbocycles. The van der Waals surface area contributed by atoms with Gasteiger partial charge in [0, 0.05) is 38.3 Å². The van der Waals surface area contributed by atoms with Crippen LogP contribution in [0.2, 0.25) is 0 Å². The molecule has 0 N–H and O–H groups in total. The molecule has 0 bridgehead atoms. The summed E-state index contributed by atoms with van der Waals surface area (Å²) in [5, 5.41) is 0. The molecule has 0 unspecified atom stereocenters. The molecular weight excluding hydrogens is 340 g/mol. The highest BCUT2D eigenvalue weighted by Gasteiger charge is 2.22. The molecule has 1 aliphatic heterocycles. The molecule has 5 heteroatoms. The molecule has 1 aliphatic rings. The molecule has 0 radical (unpaired) electrons. The summed E-state index contributed by atoms with van der Waals surface area (Å²) in [7, 11) is 0. The number of ketones is 1. The third-order valence-electron chi connectivity index (χ3n) is 5.25. The lowest BCUT2D eigenvalue weighted by Gasteiger charge is -2.24. The van der Waals surface area contributed by atoms with Crippen LogP contribution >= 0.6 is 0 Å². The zero-order valence-corrected chi connectivity index (χ0v) is 17.7. The summed E-state index contributed by atoms with van der Waals surface area (Å²) in [6.07, 6.45) is 0.729. The Labute approximate surface area is 163 Å². The maximum absolute atomic E-state index is 12.2. The fraction of sp³-hybridized carbons (Fsp3) is 0.636. The summed E-state index contributed by atoms with van der Waals surface area (Å²) in [5.41, 5.74) is 5.46. The van der Waals surface area contributed by atoms with Gasteiger partial charge in [-0.1, -0.05) is 19.9 Å². The molecule has 1 amide bonds. The molecule has 1 aromatic rings. The van der Waals surface area contributed by atoms with Gasteiger partial charge in [-0.15, -0.1) is 0 Å². The molecule has 0 aromatic heterocycles. The lowest BCUT2D eigenvalue weighted by Crippen LogP contribution is -2.36. The zero-order chi connectivity index (χ0) is 20.1. The largest absolute Gasteiger partial charge is 0.449 e. The van der Waals surface area contributed by atoms with Crippen LogP contribution in [0, 0.1) is 26.7 Å². The number of rotatable bonds is 5. The van der Waals surface area contributed by atoms with Crippen LogP contribution in [-0.4, -0.2) is 54.5 Å². The Morgan fingerprint density at radius 1 is 1.07 bits per heavy atom. The fourth-order valence-electron chi connectivity index (χ4n) is 3.88. The van der Waals surface area contributed by atoms with Crippen molar-refractivity contribution in [2.24, 2.45) is 5.92 Å². The van der Waals surface area contributed by atoms with Crippen molar-refractivity contribution in [3.63, 3.8) is 0 Å². The van der Waals surface area contributed by atoms with Crippen molar-refractivity contribution in [1.29, 1.82) is 0 Å². The second-order valence-corrected chi connectivity index (χ2v) is 8.13. The minimum Gasteiger partial charge on any atom is -0.449 e. The van der Waals surface area contributed by atoms with Gasteiger partial charge in [0.15, 0.2) is 5.78 Å². The molecular formula is C22H34N2O3. The van der Waals surface area contributed by atoms with Gasteiger partial charge in [-0.2, -0.15) is 0 Å². The summed E-state index contributed by atoms with van der Waals surface area (Å²) in [6.45, 7) is 16.4. The second-order valence-electron chi connectivity index (χ2n) is 8.13. The standard InChI is InChI=1S/C22H34N2O3/c1-15(2)14-27-22(26)24-9-7-8-23(10-11-24)13-20-16(3)12-17(4)21(18(20)5)19(6)25/h12,15H,7-11,13-14H2,1-6H3. The van der Waals surface area contributed by atoms with E-state index in [0.717, 1.165) is 49.3 Å². The SMILES string of the molecule is CC(=O)c1c(C)cc(C)c(CN2CCCN(C(=O)OCC(C)C)CC2)c1C. The molecule has 150 valence electrons. The van der Waals surface area contributed by atoms with Crippen molar-refractivity contribution in [2.45, 2.75) is 54.5 Å². The maximum atomic E-state index is 12.2. The monoisotopic (exact) mass is 374 g/mol. The highest BCUT2D eigenvalue weighted by molar-refractivity contribution is 5.97. The molecule has 5 nitrogen and oxygen atoms in total. The van der Waals surface area contributed by atoms with Crippen LogP contribution in [0.3, 0.4) is 0 Å². The molecule has 0 atom stereocenters. The lowest BCUT2D eigenvalue weighted by atomic mass is 9.91. The van der Waals surface area contributed by atoms with Crippen molar-refractivity contribution in [3.05, 3.63) is 33.9 Å². The van der Waals surface area contributed by atoms with Crippen molar-refractivity contribution in [3.8, 4) is 0 Å². The van der Waals surface area contributed by atoms with E-state index in [-0.39, 0.29) is 11.9 Å². The first kappa shape index (κ1) is 21.4. The highest BCUT2D eigenvalue weighted by atomic mass is 16.6. The van der Waals surface area contributed by atoms with Gasteiger partial charge in [-0.25, -0.2) is 4.79 Å². The Morgan fingerprint density at radius 3 is 2.41 bits per heavy atom. The highest BCUT2D eigenvalue weighted by Crippen LogP contribution is 2.24. The van der Waals surface area contributed by atoms with E-state index in [1.807, 2.05) is 25.7 Å². The molecule has 27 heavy (non-hydrogen) atoms. The number of carbonyl (C=O) groups is 2. The first-order valence-corrected chi connectivity index (χ1v) is 9.95. The van der Waals surface area contributed by atoms with Gasteiger partial charge >= 0.3 is 6.09 Å². The summed E-state index contributed by atoms with van der Waals surface area (Å²) < 4.78 is 5.38. The number of amides is 1. The van der Waals surface area contributed by atoms with Gasteiger partial charge in [-0.3, -0.25) is 9.69 Å². The number of aryl methyl sites for hydroxylation is 2. The number of carbonyl (C=O) groups excluding carboxylic acids is 2. The number of Topliss-reactive ketones (excluding diaryl/α,β-unsaturated/α-hetero) is 1. The molecule has 1 heterocycles. The average molecular weight is 375 g/mol. The van der Waals surface area contributed by atoms with Crippen molar-refractivity contribution >= 4 is 11.9 Å². The number of hydrogen-bond acceptors (Lipinski definition) is 4. The van der Waals surface area contributed by atoms with E-state index in [0.29, 0.717) is 19.1 Å². The second kappa shape index (κ2) is 9.36. The summed E-state index contributed by atoms with van der Waals surface area (Å²) >= 11 is 0. The lowest BCUT2D eigenvalue weighted by molar-refractivity contribution is 0.0929. The predicted octanol–water partition coefficient (Wildman–Crippen LogP) is 4.11. The Hall–Kier alpha value is -1.88. The Kier molecular flexibility index (Phi) is 7.42. The number of benzene rings is 1. The van der Waals surface area contributed by atoms with Crippen molar-refractivity contribution in [1.82, 2.24) is 9.80 Å². The topological polar surface area (TPSA) is 49.9 Å². The van der Waals surface area contributed by atoms with E-state index in [9.17, 15) is 9.59 Å². The van der Waals surface area contributed by atoms with Crippen LogP contribution < -0.4 is 0 Å². The van der Waals surface area contributed by atoms with E-state index in [1.54, 1.807) is 6.92 Å². The third-order valence-corrected chi connectivity index (χ3v) is 5.25. The third kappa shape index (κ3) is 5.55. The summed E-state index contributed by atoms with van der Waals surface area (Å²) in [5.74, 6) is 0.474. The van der Waals surface area contributed by atoms with Crippen LogP contribution in [-0.2, 0) is 11.3 Å². The minimum atomic E-state index is -0.202. The van der Waals surface area contributed by atoms with Gasteiger partial charge in [0.2, 0.25) is 0 Å². The predicted molar refractivity (Wildman–Crippen MR) is 108 cm³/mol.